The third-order valence-corrected chi connectivity index (χ3v) is 7.16. The minimum atomic E-state index is -3.43. The standard InChI is InChI=1S/C20H20FNO3S/c1-2-4-12-11-13(7-8-14(12)21)18-19-15(5-3-6-17(19)23)22-16-9-10-26(24,25)20(16)18/h2,4,7-8,11,18,22H,3,5-6,9-10H2,1H3. The lowest BCUT2D eigenvalue weighted by Crippen LogP contribution is -2.32. The molecule has 0 saturated carbocycles. The summed E-state index contributed by atoms with van der Waals surface area (Å²) in [4.78, 5) is 13.0. The molecule has 0 spiro atoms. The number of nitrogens with one attached hydrogen (secondary N) is 1. The van der Waals surface area contributed by atoms with Crippen molar-refractivity contribution in [1.29, 1.82) is 0 Å². The molecule has 0 saturated heterocycles. The van der Waals surface area contributed by atoms with Crippen LogP contribution in [-0.4, -0.2) is 20.0 Å². The number of sulfone groups is 1. The van der Waals surface area contributed by atoms with Crippen molar-refractivity contribution in [3.63, 3.8) is 0 Å². The maximum Gasteiger partial charge on any atom is 0.177 e. The van der Waals surface area contributed by atoms with E-state index >= 15 is 0 Å². The average Bonchev–Trinajstić information content (AvgIpc) is 2.91. The molecule has 1 N–H and O–H groups in total. The van der Waals surface area contributed by atoms with Gasteiger partial charge in [0.2, 0.25) is 0 Å². The van der Waals surface area contributed by atoms with Crippen LogP contribution in [0.3, 0.4) is 0 Å². The highest BCUT2D eigenvalue weighted by atomic mass is 32.2. The zero-order valence-electron chi connectivity index (χ0n) is 14.5. The largest absolute Gasteiger partial charge is 0.361 e. The highest BCUT2D eigenvalue weighted by Gasteiger charge is 2.44. The Hall–Kier alpha value is -2.21. The summed E-state index contributed by atoms with van der Waals surface area (Å²) >= 11 is 0. The van der Waals surface area contributed by atoms with Crippen LogP contribution in [0.5, 0.6) is 0 Å². The first-order chi connectivity index (χ1) is 12.4. The van der Waals surface area contributed by atoms with E-state index in [0.717, 1.165) is 18.5 Å². The molecule has 0 fully saturated rings. The molecule has 3 aliphatic rings. The molecule has 6 heteroatoms. The first-order valence-corrected chi connectivity index (χ1v) is 10.5. The zero-order valence-corrected chi connectivity index (χ0v) is 15.3. The number of benzene rings is 1. The van der Waals surface area contributed by atoms with Gasteiger partial charge in [-0.1, -0.05) is 18.2 Å². The molecule has 1 aromatic carbocycles. The van der Waals surface area contributed by atoms with E-state index in [0.29, 0.717) is 40.1 Å². The van der Waals surface area contributed by atoms with Crippen molar-refractivity contribution < 1.29 is 17.6 Å². The van der Waals surface area contributed by atoms with Gasteiger partial charge < -0.3 is 5.32 Å². The maximum absolute atomic E-state index is 14.1. The zero-order chi connectivity index (χ0) is 18.5. The number of hydrogen-bond donors (Lipinski definition) is 1. The van der Waals surface area contributed by atoms with Gasteiger partial charge in [0.15, 0.2) is 15.6 Å². The Bertz CT molecular complexity index is 1000. The second-order valence-electron chi connectivity index (χ2n) is 6.92. The second-order valence-corrected chi connectivity index (χ2v) is 9.00. The molecule has 1 aliphatic carbocycles. The molecule has 4 nitrogen and oxygen atoms in total. The summed E-state index contributed by atoms with van der Waals surface area (Å²) in [6.07, 6.45) is 5.73. The molecule has 4 rings (SSSR count). The molecule has 0 radical (unpaired) electrons. The van der Waals surface area contributed by atoms with E-state index < -0.39 is 15.8 Å². The van der Waals surface area contributed by atoms with Crippen molar-refractivity contribution in [1.82, 2.24) is 5.32 Å². The molecule has 2 heterocycles. The van der Waals surface area contributed by atoms with Gasteiger partial charge in [0, 0.05) is 35.4 Å². The summed E-state index contributed by atoms with van der Waals surface area (Å²) in [6, 6.07) is 4.61. The quantitative estimate of drug-likeness (QED) is 0.861. The Kier molecular flexibility index (Phi) is 4.10. The maximum atomic E-state index is 14.1. The molecule has 136 valence electrons. The Labute approximate surface area is 152 Å². The van der Waals surface area contributed by atoms with Gasteiger partial charge in [-0.15, -0.1) is 0 Å². The minimum Gasteiger partial charge on any atom is -0.361 e. The van der Waals surface area contributed by atoms with Crippen molar-refractivity contribution in [2.75, 3.05) is 5.75 Å². The van der Waals surface area contributed by atoms with Crippen molar-refractivity contribution in [3.8, 4) is 0 Å². The fraction of sp³-hybridized carbons (Fsp3) is 0.350. The molecule has 1 atom stereocenters. The average molecular weight is 373 g/mol. The van der Waals surface area contributed by atoms with Gasteiger partial charge in [-0.25, -0.2) is 12.8 Å². The highest BCUT2D eigenvalue weighted by molar-refractivity contribution is 7.95. The first-order valence-electron chi connectivity index (χ1n) is 8.83. The predicted molar refractivity (Wildman–Crippen MR) is 98.3 cm³/mol. The van der Waals surface area contributed by atoms with E-state index in [4.69, 9.17) is 0 Å². The molecular weight excluding hydrogens is 353 g/mol. The summed E-state index contributed by atoms with van der Waals surface area (Å²) in [5.74, 6) is -0.965. The molecule has 1 aromatic rings. The topological polar surface area (TPSA) is 63.2 Å². The van der Waals surface area contributed by atoms with Crippen LogP contribution in [0.1, 0.15) is 49.7 Å². The van der Waals surface area contributed by atoms with Crippen LogP contribution >= 0.6 is 0 Å². The van der Waals surface area contributed by atoms with Gasteiger partial charge in [0.05, 0.1) is 16.6 Å². The van der Waals surface area contributed by atoms with Gasteiger partial charge in [0.25, 0.3) is 0 Å². The number of Topliss-reactive ketones (excluding diaryl/α,β-unsaturated/α-hetero) is 1. The van der Waals surface area contributed by atoms with Crippen LogP contribution < -0.4 is 5.32 Å². The van der Waals surface area contributed by atoms with Crippen LogP contribution in [0, 0.1) is 5.82 Å². The van der Waals surface area contributed by atoms with Gasteiger partial charge in [-0.05, 0) is 37.5 Å². The SMILES string of the molecule is CC=Cc1cc(C2C3=C(CCCC3=O)NC3=C2S(=O)(=O)CC3)ccc1F. The summed E-state index contributed by atoms with van der Waals surface area (Å²) in [6.45, 7) is 1.80. The molecule has 2 aliphatic heterocycles. The molecule has 1 unspecified atom stereocenters. The van der Waals surface area contributed by atoms with Crippen molar-refractivity contribution in [2.45, 2.75) is 38.5 Å². The third kappa shape index (κ3) is 2.63. The predicted octanol–water partition coefficient (Wildman–Crippen LogP) is 3.58. The lowest BCUT2D eigenvalue weighted by molar-refractivity contribution is -0.116. The Morgan fingerprint density at radius 1 is 1.19 bits per heavy atom. The lowest BCUT2D eigenvalue weighted by atomic mass is 9.79. The van der Waals surface area contributed by atoms with Crippen LogP contribution in [0.25, 0.3) is 6.08 Å². The van der Waals surface area contributed by atoms with Crippen LogP contribution in [0.2, 0.25) is 0 Å². The van der Waals surface area contributed by atoms with E-state index in [1.54, 1.807) is 31.2 Å². The van der Waals surface area contributed by atoms with Crippen molar-refractivity contribution in [3.05, 3.63) is 63.1 Å². The van der Waals surface area contributed by atoms with Crippen LogP contribution in [-0.2, 0) is 14.6 Å². The second kappa shape index (κ2) is 6.20. The number of hydrogen-bond acceptors (Lipinski definition) is 4. The smallest absolute Gasteiger partial charge is 0.177 e. The van der Waals surface area contributed by atoms with E-state index in [1.165, 1.54) is 6.07 Å². The molecule has 0 bridgehead atoms. The number of rotatable bonds is 2. The summed E-state index contributed by atoms with van der Waals surface area (Å²) in [7, 11) is -3.43. The fourth-order valence-corrected chi connectivity index (χ4v) is 5.98. The molecular formula is C20H20FNO3S. The summed E-state index contributed by atoms with van der Waals surface area (Å²) in [5.41, 5.74) is 3.12. The van der Waals surface area contributed by atoms with Gasteiger partial charge in [0.1, 0.15) is 5.82 Å². The van der Waals surface area contributed by atoms with Crippen LogP contribution in [0.15, 0.2) is 46.1 Å². The number of halogens is 1. The third-order valence-electron chi connectivity index (χ3n) is 5.26. The van der Waals surface area contributed by atoms with E-state index in [1.807, 2.05) is 0 Å². The Morgan fingerprint density at radius 3 is 2.77 bits per heavy atom. The van der Waals surface area contributed by atoms with E-state index in [9.17, 15) is 17.6 Å². The molecule has 26 heavy (non-hydrogen) atoms. The first kappa shape index (κ1) is 17.2. The molecule has 0 amide bonds. The summed E-state index contributed by atoms with van der Waals surface area (Å²) in [5, 5.41) is 3.23. The van der Waals surface area contributed by atoms with Crippen LogP contribution in [0.4, 0.5) is 4.39 Å². The van der Waals surface area contributed by atoms with Crippen molar-refractivity contribution >= 4 is 21.7 Å². The van der Waals surface area contributed by atoms with Gasteiger partial charge >= 0.3 is 0 Å². The minimum absolute atomic E-state index is 0.0192. The fourth-order valence-electron chi connectivity index (χ4n) is 4.14. The van der Waals surface area contributed by atoms with Crippen molar-refractivity contribution in [2.24, 2.45) is 0 Å². The number of carbonyl (C=O) groups excluding carboxylic acids is 1. The number of carbonyl (C=O) groups is 1. The number of allylic oxidation sites excluding steroid dienone is 5. The number of ketones is 1. The Balaban J connectivity index is 1.95. The molecule has 0 aromatic heterocycles. The lowest BCUT2D eigenvalue weighted by Gasteiger charge is -2.33. The normalized spacial score (nSPS) is 24.7. The van der Waals surface area contributed by atoms with E-state index in [-0.39, 0.29) is 17.4 Å². The monoisotopic (exact) mass is 373 g/mol. The van der Waals surface area contributed by atoms with Gasteiger partial charge in [-0.2, -0.15) is 0 Å². The number of dihydropyridines is 1. The van der Waals surface area contributed by atoms with Gasteiger partial charge in [-0.3, -0.25) is 4.79 Å². The Morgan fingerprint density at radius 2 is 2.00 bits per heavy atom. The summed E-state index contributed by atoms with van der Waals surface area (Å²) < 4.78 is 39.5. The highest BCUT2D eigenvalue weighted by Crippen LogP contribution is 2.47. The van der Waals surface area contributed by atoms with E-state index in [2.05, 4.69) is 5.32 Å².